The summed E-state index contributed by atoms with van der Waals surface area (Å²) in [6, 6.07) is 9.13. The van der Waals surface area contributed by atoms with E-state index in [0.717, 1.165) is 5.56 Å². The molecule has 0 saturated carbocycles. The second-order valence-electron chi connectivity index (χ2n) is 5.31. The van der Waals surface area contributed by atoms with Gasteiger partial charge in [0.05, 0.1) is 12.6 Å². The van der Waals surface area contributed by atoms with E-state index in [9.17, 15) is 15.3 Å². The van der Waals surface area contributed by atoms with E-state index in [2.05, 4.69) is 4.99 Å². The molecule has 0 aromatic heterocycles. The first-order chi connectivity index (χ1) is 10.0. The summed E-state index contributed by atoms with van der Waals surface area (Å²) in [5.41, 5.74) is 1.38. The van der Waals surface area contributed by atoms with E-state index in [-0.39, 0.29) is 18.1 Å². The van der Waals surface area contributed by atoms with Crippen LogP contribution in [-0.2, 0) is 0 Å². The first-order valence-electron chi connectivity index (χ1n) is 6.98. The van der Waals surface area contributed by atoms with Crippen LogP contribution < -0.4 is 0 Å². The fourth-order valence-electron chi connectivity index (χ4n) is 2.37. The minimum atomic E-state index is -1.34. The first kappa shape index (κ1) is 15.9. The molecule has 1 aromatic rings. The van der Waals surface area contributed by atoms with Crippen molar-refractivity contribution in [3.63, 3.8) is 0 Å². The molecule has 21 heavy (non-hydrogen) atoms. The Hall–Kier alpha value is -1.53. The molecule has 0 radical (unpaired) electrons. The number of rotatable bonds is 4. The van der Waals surface area contributed by atoms with Gasteiger partial charge >= 0.3 is 0 Å². The van der Waals surface area contributed by atoms with Gasteiger partial charge < -0.3 is 20.4 Å². The zero-order chi connectivity index (χ0) is 15.4. The summed E-state index contributed by atoms with van der Waals surface area (Å²) in [6.07, 6.45) is -0.557. The number of hydrogen-bond donors (Lipinski definition) is 4. The minimum Gasteiger partial charge on any atom is -0.392 e. The third kappa shape index (κ3) is 3.57. The molecule has 5 nitrogen and oxygen atoms in total. The average Bonchev–Trinajstić information content (AvgIpc) is 2.52. The molecule has 2 rings (SSSR count). The van der Waals surface area contributed by atoms with Gasteiger partial charge in [0, 0.05) is 12.1 Å². The van der Waals surface area contributed by atoms with Crippen molar-refractivity contribution in [1.82, 2.24) is 0 Å². The normalized spacial score (nSPS) is 31.2. The highest BCUT2D eigenvalue weighted by atomic mass is 16.4. The molecule has 0 aliphatic heterocycles. The molecule has 114 valence electrons. The van der Waals surface area contributed by atoms with Crippen LogP contribution in [0, 0.1) is 0 Å². The predicted molar refractivity (Wildman–Crippen MR) is 80.3 cm³/mol. The average molecular weight is 291 g/mol. The quantitative estimate of drug-likeness (QED) is 0.472. The molecule has 1 aromatic carbocycles. The second kappa shape index (κ2) is 6.95. The van der Waals surface area contributed by atoms with Crippen LogP contribution in [0.3, 0.4) is 0 Å². The lowest BCUT2D eigenvalue weighted by atomic mass is 9.88. The standard InChI is InChI=1S/C16H21NO4/c1-10(11-5-3-2-4-6-11)8-17-13-7-12(9-18)14(19)16(21)15(13)20/h2-8,10,13-16,18-21H,9H2,1H3. The highest BCUT2D eigenvalue weighted by Gasteiger charge is 2.36. The van der Waals surface area contributed by atoms with Crippen molar-refractivity contribution >= 4 is 6.21 Å². The fourth-order valence-corrected chi connectivity index (χ4v) is 2.37. The van der Waals surface area contributed by atoms with Gasteiger partial charge in [-0.2, -0.15) is 0 Å². The largest absolute Gasteiger partial charge is 0.392 e. The molecule has 5 atom stereocenters. The van der Waals surface area contributed by atoms with Crippen LogP contribution in [0.5, 0.6) is 0 Å². The van der Waals surface area contributed by atoms with Gasteiger partial charge in [0.1, 0.15) is 18.3 Å². The number of aliphatic imine (C=N–C) groups is 1. The molecular formula is C16H21NO4. The summed E-state index contributed by atoms with van der Waals surface area (Å²) in [5.74, 6) is 0.0633. The van der Waals surface area contributed by atoms with E-state index in [1.807, 2.05) is 37.3 Å². The Labute approximate surface area is 123 Å². The van der Waals surface area contributed by atoms with Crippen LogP contribution in [-0.4, -0.2) is 57.6 Å². The van der Waals surface area contributed by atoms with Crippen LogP contribution in [0.15, 0.2) is 47.0 Å². The molecule has 0 heterocycles. The van der Waals surface area contributed by atoms with E-state index < -0.39 is 24.4 Å². The Morgan fingerprint density at radius 3 is 2.43 bits per heavy atom. The van der Waals surface area contributed by atoms with E-state index in [1.165, 1.54) is 6.08 Å². The minimum absolute atomic E-state index is 0.0633. The van der Waals surface area contributed by atoms with Gasteiger partial charge in [-0.25, -0.2) is 0 Å². The molecule has 1 aliphatic carbocycles. The molecular weight excluding hydrogens is 270 g/mol. The zero-order valence-electron chi connectivity index (χ0n) is 11.9. The van der Waals surface area contributed by atoms with Crippen molar-refractivity contribution in [3.8, 4) is 0 Å². The smallest absolute Gasteiger partial charge is 0.112 e. The molecule has 5 heteroatoms. The van der Waals surface area contributed by atoms with Crippen molar-refractivity contribution in [2.45, 2.75) is 37.2 Å². The van der Waals surface area contributed by atoms with Crippen molar-refractivity contribution in [3.05, 3.63) is 47.5 Å². The predicted octanol–water partition coefficient (Wildman–Crippen LogP) is 0.244. The Bertz CT molecular complexity index is 514. The molecule has 4 N–H and O–H groups in total. The topological polar surface area (TPSA) is 93.3 Å². The van der Waals surface area contributed by atoms with Crippen LogP contribution in [0.1, 0.15) is 18.4 Å². The third-order valence-corrected chi connectivity index (χ3v) is 3.78. The third-order valence-electron chi connectivity index (χ3n) is 3.78. The highest BCUT2D eigenvalue weighted by molar-refractivity contribution is 5.67. The first-order valence-corrected chi connectivity index (χ1v) is 6.98. The van der Waals surface area contributed by atoms with Crippen LogP contribution in [0.25, 0.3) is 0 Å². The molecule has 0 amide bonds. The van der Waals surface area contributed by atoms with Crippen molar-refractivity contribution < 1.29 is 20.4 Å². The molecule has 0 saturated heterocycles. The van der Waals surface area contributed by atoms with Crippen LogP contribution in [0.2, 0.25) is 0 Å². The maximum absolute atomic E-state index is 9.95. The summed E-state index contributed by atoms with van der Waals surface area (Å²) in [7, 11) is 0. The van der Waals surface area contributed by atoms with Crippen molar-refractivity contribution in [1.29, 1.82) is 0 Å². The maximum atomic E-state index is 9.95. The molecule has 0 spiro atoms. The SMILES string of the molecule is CC(C=NC1C=C(CO)C(O)C(O)C1O)c1ccccc1. The Kier molecular flexibility index (Phi) is 5.25. The van der Waals surface area contributed by atoms with Gasteiger partial charge in [-0.05, 0) is 11.1 Å². The van der Waals surface area contributed by atoms with Crippen molar-refractivity contribution in [2.24, 2.45) is 4.99 Å². The molecule has 0 fully saturated rings. The summed E-state index contributed by atoms with van der Waals surface area (Å²) >= 11 is 0. The van der Waals surface area contributed by atoms with E-state index >= 15 is 0 Å². The lowest BCUT2D eigenvalue weighted by Crippen LogP contribution is -2.48. The number of aliphatic hydroxyl groups excluding tert-OH is 4. The summed E-state index contributed by atoms with van der Waals surface area (Å²) in [5, 5.41) is 38.6. The number of aliphatic hydroxyl groups is 4. The van der Waals surface area contributed by atoms with E-state index in [4.69, 9.17) is 5.11 Å². The van der Waals surface area contributed by atoms with Crippen LogP contribution >= 0.6 is 0 Å². The lowest BCUT2D eigenvalue weighted by molar-refractivity contribution is -0.0593. The van der Waals surface area contributed by atoms with Crippen LogP contribution in [0.4, 0.5) is 0 Å². The highest BCUT2D eigenvalue weighted by Crippen LogP contribution is 2.22. The van der Waals surface area contributed by atoms with Gasteiger partial charge in [0.25, 0.3) is 0 Å². The maximum Gasteiger partial charge on any atom is 0.112 e. The van der Waals surface area contributed by atoms with Gasteiger partial charge in [-0.15, -0.1) is 0 Å². The summed E-state index contributed by atoms with van der Waals surface area (Å²) < 4.78 is 0. The summed E-state index contributed by atoms with van der Waals surface area (Å²) in [4.78, 5) is 4.29. The summed E-state index contributed by atoms with van der Waals surface area (Å²) in [6.45, 7) is 1.61. The lowest BCUT2D eigenvalue weighted by Gasteiger charge is -2.32. The Balaban J connectivity index is 2.14. The molecule has 5 unspecified atom stereocenters. The monoisotopic (exact) mass is 291 g/mol. The van der Waals surface area contributed by atoms with Gasteiger partial charge in [-0.1, -0.05) is 43.3 Å². The Morgan fingerprint density at radius 1 is 1.14 bits per heavy atom. The van der Waals surface area contributed by atoms with Gasteiger partial charge in [0.2, 0.25) is 0 Å². The van der Waals surface area contributed by atoms with Gasteiger partial charge in [0.15, 0.2) is 0 Å². The van der Waals surface area contributed by atoms with Gasteiger partial charge in [-0.3, -0.25) is 4.99 Å². The molecule has 0 bridgehead atoms. The Morgan fingerprint density at radius 2 is 1.81 bits per heavy atom. The van der Waals surface area contributed by atoms with E-state index in [1.54, 1.807) is 6.21 Å². The number of nitrogens with zero attached hydrogens (tertiary/aromatic N) is 1. The number of benzene rings is 1. The van der Waals surface area contributed by atoms with E-state index in [0.29, 0.717) is 0 Å². The van der Waals surface area contributed by atoms with Crippen molar-refractivity contribution in [2.75, 3.05) is 6.61 Å². The fraction of sp³-hybridized carbons (Fsp3) is 0.438. The number of hydrogen-bond acceptors (Lipinski definition) is 5. The second-order valence-corrected chi connectivity index (χ2v) is 5.31. The zero-order valence-corrected chi connectivity index (χ0v) is 11.9. The molecule has 1 aliphatic rings.